The first-order valence-electron chi connectivity index (χ1n) is 5.60. The lowest BCUT2D eigenvalue weighted by Gasteiger charge is -2.23. The summed E-state index contributed by atoms with van der Waals surface area (Å²) in [4.78, 5) is 24.8. The fraction of sp³-hybridized carbons (Fsp3) is 0.800. The Balaban J connectivity index is 1.91. The van der Waals surface area contributed by atoms with Crippen LogP contribution in [0.2, 0.25) is 0 Å². The molecule has 2 fully saturated rings. The predicted octanol–water partition coefficient (Wildman–Crippen LogP) is -0.218. The molecule has 2 saturated heterocycles. The summed E-state index contributed by atoms with van der Waals surface area (Å²) in [6, 6.07) is -0.351. The van der Waals surface area contributed by atoms with Crippen LogP contribution in [-0.4, -0.2) is 35.8 Å². The third-order valence-corrected chi connectivity index (χ3v) is 2.99. The fourth-order valence-corrected chi connectivity index (χ4v) is 2.12. The number of nitrogens with zero attached hydrogens (tertiary/aromatic N) is 1. The van der Waals surface area contributed by atoms with Gasteiger partial charge in [-0.05, 0) is 12.8 Å². The molecule has 0 spiro atoms. The molecule has 2 heterocycles. The maximum atomic E-state index is 12.0. The highest BCUT2D eigenvalue weighted by Crippen LogP contribution is 2.12. The Morgan fingerprint density at radius 1 is 1.20 bits per heavy atom. The van der Waals surface area contributed by atoms with Gasteiger partial charge in [0.1, 0.15) is 6.04 Å². The molecule has 5 heteroatoms. The summed E-state index contributed by atoms with van der Waals surface area (Å²) < 4.78 is 0. The summed E-state index contributed by atoms with van der Waals surface area (Å²) >= 11 is 0. The van der Waals surface area contributed by atoms with E-state index in [0.29, 0.717) is 0 Å². The number of nitrogens with one attached hydrogen (secondary N) is 2. The van der Waals surface area contributed by atoms with Crippen molar-refractivity contribution >= 4 is 11.8 Å². The normalized spacial score (nSPS) is 27.3. The number of hydrogen-bond acceptors (Lipinski definition) is 3. The maximum Gasteiger partial charge on any atom is 0.242 e. The van der Waals surface area contributed by atoms with Crippen LogP contribution in [0.15, 0.2) is 0 Å². The van der Waals surface area contributed by atoms with E-state index in [1.54, 1.807) is 0 Å². The molecule has 5 nitrogen and oxygen atoms in total. The van der Waals surface area contributed by atoms with E-state index in [4.69, 9.17) is 0 Å². The highest BCUT2D eigenvalue weighted by atomic mass is 16.2. The summed E-state index contributed by atoms with van der Waals surface area (Å²) in [7, 11) is 0. The van der Waals surface area contributed by atoms with Crippen LogP contribution in [0, 0.1) is 0 Å². The van der Waals surface area contributed by atoms with E-state index in [1.807, 2.05) is 4.90 Å². The highest BCUT2D eigenvalue weighted by molar-refractivity contribution is 5.90. The van der Waals surface area contributed by atoms with E-state index in [2.05, 4.69) is 10.9 Å². The minimum Gasteiger partial charge on any atom is -0.341 e. The third-order valence-electron chi connectivity index (χ3n) is 2.99. The number of carbonyl (C=O) groups excluding carboxylic acids is 2. The molecule has 0 aromatic carbocycles. The summed E-state index contributed by atoms with van der Waals surface area (Å²) in [6.07, 6.45) is 4.85. The Kier molecular flexibility index (Phi) is 3.20. The second-order valence-corrected chi connectivity index (χ2v) is 4.19. The number of carbonyl (C=O) groups is 2. The van der Waals surface area contributed by atoms with E-state index in [9.17, 15) is 9.59 Å². The standard InChI is InChI=1S/C10H17N3O2/c14-9-7-8(11-12-9)10(15)13-5-3-1-2-4-6-13/h8,11H,1-7H2,(H,12,14). The first-order valence-corrected chi connectivity index (χ1v) is 5.60. The van der Waals surface area contributed by atoms with Gasteiger partial charge in [0.2, 0.25) is 11.8 Å². The Morgan fingerprint density at radius 2 is 1.87 bits per heavy atom. The van der Waals surface area contributed by atoms with Crippen molar-refractivity contribution in [2.45, 2.75) is 38.1 Å². The smallest absolute Gasteiger partial charge is 0.242 e. The quantitative estimate of drug-likeness (QED) is 0.630. The molecular weight excluding hydrogens is 194 g/mol. The molecule has 0 bridgehead atoms. The molecule has 2 N–H and O–H groups in total. The van der Waals surface area contributed by atoms with Crippen LogP contribution in [0.3, 0.4) is 0 Å². The van der Waals surface area contributed by atoms with Gasteiger partial charge in [-0.2, -0.15) is 0 Å². The lowest BCUT2D eigenvalue weighted by molar-refractivity contribution is -0.133. The van der Waals surface area contributed by atoms with Gasteiger partial charge < -0.3 is 4.90 Å². The average Bonchev–Trinajstić information content (AvgIpc) is 2.53. The summed E-state index contributed by atoms with van der Waals surface area (Å²) in [5.74, 6) is -0.0292. The SMILES string of the molecule is O=C1CC(C(=O)N2CCCCCC2)NN1. The van der Waals surface area contributed by atoms with Crippen LogP contribution in [-0.2, 0) is 9.59 Å². The average molecular weight is 211 g/mol. The number of amides is 2. The molecule has 0 aromatic rings. The first-order chi connectivity index (χ1) is 7.27. The molecule has 84 valence electrons. The topological polar surface area (TPSA) is 61.4 Å². The largest absolute Gasteiger partial charge is 0.341 e. The van der Waals surface area contributed by atoms with Gasteiger partial charge in [-0.1, -0.05) is 12.8 Å². The van der Waals surface area contributed by atoms with E-state index < -0.39 is 0 Å². The molecular formula is C10H17N3O2. The molecule has 2 amide bonds. The predicted molar refractivity (Wildman–Crippen MR) is 54.7 cm³/mol. The van der Waals surface area contributed by atoms with Crippen molar-refractivity contribution in [1.82, 2.24) is 15.8 Å². The minimum absolute atomic E-state index is 0.0650. The van der Waals surface area contributed by atoms with Crippen molar-refractivity contribution in [1.29, 1.82) is 0 Å². The summed E-state index contributed by atoms with van der Waals surface area (Å²) in [5.41, 5.74) is 5.20. The second-order valence-electron chi connectivity index (χ2n) is 4.19. The molecule has 2 aliphatic rings. The van der Waals surface area contributed by atoms with Crippen molar-refractivity contribution in [3.63, 3.8) is 0 Å². The van der Waals surface area contributed by atoms with Crippen molar-refractivity contribution in [2.24, 2.45) is 0 Å². The molecule has 2 aliphatic heterocycles. The van der Waals surface area contributed by atoms with Gasteiger partial charge >= 0.3 is 0 Å². The molecule has 0 radical (unpaired) electrons. The zero-order valence-electron chi connectivity index (χ0n) is 8.79. The third kappa shape index (κ3) is 2.47. The van der Waals surface area contributed by atoms with Gasteiger partial charge in [0.25, 0.3) is 0 Å². The Labute approximate surface area is 89.2 Å². The molecule has 15 heavy (non-hydrogen) atoms. The first kappa shape index (κ1) is 10.4. The fourth-order valence-electron chi connectivity index (χ4n) is 2.12. The number of hydrazine groups is 1. The highest BCUT2D eigenvalue weighted by Gasteiger charge is 2.31. The Morgan fingerprint density at radius 3 is 2.40 bits per heavy atom. The van der Waals surface area contributed by atoms with Crippen molar-refractivity contribution in [3.05, 3.63) is 0 Å². The van der Waals surface area contributed by atoms with E-state index in [-0.39, 0.29) is 24.3 Å². The van der Waals surface area contributed by atoms with Gasteiger partial charge in [0.05, 0.1) is 6.42 Å². The van der Waals surface area contributed by atoms with Crippen molar-refractivity contribution in [3.8, 4) is 0 Å². The van der Waals surface area contributed by atoms with E-state index >= 15 is 0 Å². The van der Waals surface area contributed by atoms with E-state index in [1.165, 1.54) is 12.8 Å². The van der Waals surface area contributed by atoms with Gasteiger partial charge in [-0.25, -0.2) is 5.43 Å². The second kappa shape index (κ2) is 4.61. The van der Waals surface area contributed by atoms with Crippen LogP contribution in [0.4, 0.5) is 0 Å². The minimum atomic E-state index is -0.351. The summed E-state index contributed by atoms with van der Waals surface area (Å²) in [6.45, 7) is 1.68. The molecule has 0 saturated carbocycles. The molecule has 1 atom stereocenters. The molecule has 0 aliphatic carbocycles. The zero-order valence-corrected chi connectivity index (χ0v) is 8.79. The maximum absolute atomic E-state index is 12.0. The molecule has 1 unspecified atom stereocenters. The van der Waals surface area contributed by atoms with Crippen LogP contribution in [0.1, 0.15) is 32.1 Å². The Bertz CT molecular complexity index is 259. The number of rotatable bonds is 1. The van der Waals surface area contributed by atoms with Gasteiger partial charge in [0.15, 0.2) is 0 Å². The van der Waals surface area contributed by atoms with Crippen LogP contribution in [0.5, 0.6) is 0 Å². The van der Waals surface area contributed by atoms with Crippen molar-refractivity contribution < 1.29 is 9.59 Å². The number of hydrogen-bond donors (Lipinski definition) is 2. The zero-order chi connectivity index (χ0) is 10.7. The molecule has 2 rings (SSSR count). The van der Waals surface area contributed by atoms with Gasteiger partial charge in [-0.15, -0.1) is 0 Å². The van der Waals surface area contributed by atoms with Gasteiger partial charge in [0, 0.05) is 13.1 Å². The van der Waals surface area contributed by atoms with E-state index in [0.717, 1.165) is 25.9 Å². The van der Waals surface area contributed by atoms with Crippen LogP contribution < -0.4 is 10.9 Å². The lowest BCUT2D eigenvalue weighted by atomic mass is 10.2. The molecule has 0 aromatic heterocycles. The Hall–Kier alpha value is -1.10. The van der Waals surface area contributed by atoms with Gasteiger partial charge in [-0.3, -0.25) is 15.0 Å². The lowest BCUT2D eigenvalue weighted by Crippen LogP contribution is -2.46. The van der Waals surface area contributed by atoms with Crippen molar-refractivity contribution in [2.75, 3.05) is 13.1 Å². The van der Waals surface area contributed by atoms with Crippen LogP contribution >= 0.6 is 0 Å². The van der Waals surface area contributed by atoms with Crippen LogP contribution in [0.25, 0.3) is 0 Å². The monoisotopic (exact) mass is 211 g/mol. The number of likely N-dealkylation sites (tertiary alicyclic amines) is 1. The summed E-state index contributed by atoms with van der Waals surface area (Å²) in [5, 5.41) is 0.